The van der Waals surface area contributed by atoms with Gasteiger partial charge < -0.3 is 20.3 Å². The Morgan fingerprint density at radius 1 is 0.917 bits per heavy atom. The van der Waals surface area contributed by atoms with Crippen LogP contribution < -0.4 is 10.8 Å². The van der Waals surface area contributed by atoms with Gasteiger partial charge in [0.15, 0.2) is 5.78 Å². The van der Waals surface area contributed by atoms with Crippen LogP contribution in [0.1, 0.15) is 64.3 Å². The number of benzene rings is 2. The highest BCUT2D eigenvalue weighted by atomic mass is 16.6. The van der Waals surface area contributed by atoms with Gasteiger partial charge in [0, 0.05) is 18.7 Å². The SMILES string of the molecule is CCOC(=O)c1ccc(C(=O)O)c(CONCCNC(=O)c2cc(C(=O)C=C=O)ccc2C(=O)O)c1. The average Bonchev–Trinajstić information content (AvgIpc) is 2.85. The summed E-state index contributed by atoms with van der Waals surface area (Å²) >= 11 is 0. The van der Waals surface area contributed by atoms with Crippen molar-refractivity contribution in [3.63, 3.8) is 0 Å². The predicted molar refractivity (Wildman–Crippen MR) is 122 cm³/mol. The van der Waals surface area contributed by atoms with Crippen molar-refractivity contribution in [1.82, 2.24) is 10.8 Å². The van der Waals surface area contributed by atoms with Gasteiger partial charge in [0.2, 0.25) is 0 Å². The number of esters is 1. The molecule has 1 amide bonds. The molecule has 4 N–H and O–H groups in total. The molecule has 0 saturated heterocycles. The zero-order valence-corrected chi connectivity index (χ0v) is 19.0. The van der Waals surface area contributed by atoms with Crippen LogP contribution in [0.2, 0.25) is 0 Å². The van der Waals surface area contributed by atoms with E-state index in [-0.39, 0.29) is 59.7 Å². The van der Waals surface area contributed by atoms with E-state index in [1.165, 1.54) is 30.2 Å². The molecule has 0 atom stereocenters. The normalized spacial score (nSPS) is 10.1. The Balaban J connectivity index is 1.97. The maximum Gasteiger partial charge on any atom is 0.338 e. The van der Waals surface area contributed by atoms with E-state index in [1.807, 2.05) is 0 Å². The summed E-state index contributed by atoms with van der Waals surface area (Å²) in [6.07, 6.45) is 0.622. The number of carboxylic acid groups (broad SMARTS) is 2. The summed E-state index contributed by atoms with van der Waals surface area (Å²) in [5.41, 5.74) is 2.13. The smallest absolute Gasteiger partial charge is 0.338 e. The van der Waals surface area contributed by atoms with Crippen LogP contribution in [0.4, 0.5) is 0 Å². The lowest BCUT2D eigenvalue weighted by Crippen LogP contribution is -2.33. The number of aromatic carboxylic acids is 2. The Bertz CT molecular complexity index is 1230. The number of carbonyl (C=O) groups excluding carboxylic acids is 4. The molecule has 0 unspecified atom stereocenters. The number of ether oxygens (including phenoxy) is 1. The van der Waals surface area contributed by atoms with E-state index in [2.05, 4.69) is 10.8 Å². The van der Waals surface area contributed by atoms with Gasteiger partial charge in [-0.15, -0.1) is 0 Å². The van der Waals surface area contributed by atoms with E-state index in [0.717, 1.165) is 12.1 Å². The van der Waals surface area contributed by atoms with Crippen LogP contribution in [0, 0.1) is 0 Å². The molecule has 36 heavy (non-hydrogen) atoms. The van der Waals surface area contributed by atoms with Crippen molar-refractivity contribution in [2.45, 2.75) is 13.5 Å². The number of allylic oxidation sites excluding steroid dienone is 1. The molecule has 12 heteroatoms. The molecule has 0 aliphatic heterocycles. The van der Waals surface area contributed by atoms with Gasteiger partial charge in [-0.25, -0.2) is 24.7 Å². The molecule has 12 nitrogen and oxygen atoms in total. The van der Waals surface area contributed by atoms with Crippen LogP contribution in [0.5, 0.6) is 0 Å². The third kappa shape index (κ3) is 7.43. The second-order valence-corrected chi connectivity index (χ2v) is 7.03. The van der Waals surface area contributed by atoms with Crippen LogP contribution in [0.15, 0.2) is 42.5 Å². The number of nitrogens with one attached hydrogen (secondary N) is 2. The topological polar surface area (TPSA) is 185 Å². The van der Waals surface area contributed by atoms with Gasteiger partial charge in [0.1, 0.15) is 5.94 Å². The molecule has 0 heterocycles. The monoisotopic (exact) mass is 498 g/mol. The Hall–Kier alpha value is -4.64. The molecule has 0 aromatic heterocycles. The number of rotatable bonds is 13. The fourth-order valence-corrected chi connectivity index (χ4v) is 3.00. The summed E-state index contributed by atoms with van der Waals surface area (Å²) in [5.74, 6) is -3.41. The van der Waals surface area contributed by atoms with Crippen LogP contribution in [0.3, 0.4) is 0 Å². The minimum Gasteiger partial charge on any atom is -0.478 e. The fraction of sp³-hybridized carbons (Fsp3) is 0.208. The Labute approximate surface area is 204 Å². The van der Waals surface area contributed by atoms with Gasteiger partial charge >= 0.3 is 17.9 Å². The molecule has 0 radical (unpaired) electrons. The summed E-state index contributed by atoms with van der Waals surface area (Å²) in [4.78, 5) is 74.7. The minimum absolute atomic E-state index is 0.0288. The Kier molecular flexibility index (Phi) is 10.2. The van der Waals surface area contributed by atoms with Crippen molar-refractivity contribution < 1.29 is 48.6 Å². The molecule has 0 bridgehead atoms. The third-order valence-corrected chi connectivity index (χ3v) is 4.66. The van der Waals surface area contributed by atoms with E-state index in [9.17, 15) is 39.0 Å². The number of amides is 1. The van der Waals surface area contributed by atoms with Crippen molar-refractivity contribution in [1.29, 1.82) is 0 Å². The molecule has 0 saturated carbocycles. The first-order valence-electron chi connectivity index (χ1n) is 10.5. The van der Waals surface area contributed by atoms with Gasteiger partial charge in [-0.2, -0.15) is 0 Å². The summed E-state index contributed by atoms with van der Waals surface area (Å²) in [5, 5.41) is 21.1. The van der Waals surface area contributed by atoms with Crippen molar-refractivity contribution >= 4 is 35.5 Å². The molecule has 188 valence electrons. The Morgan fingerprint density at radius 2 is 1.58 bits per heavy atom. The van der Waals surface area contributed by atoms with E-state index >= 15 is 0 Å². The van der Waals surface area contributed by atoms with Gasteiger partial charge in [-0.3, -0.25) is 14.4 Å². The standard InChI is InChI=1S/C24H22N2O10/c1-2-35-24(34)15-4-5-17(22(30)31)16(11-15)13-36-26-9-8-25-21(29)19-12-14(20(28)7-10-27)3-6-18(19)23(32)33/h3-7,11-12,26H,2,8-9,13H2,1H3,(H,25,29)(H,30,31)(H,32,33). The zero-order chi connectivity index (χ0) is 26.7. The summed E-state index contributed by atoms with van der Waals surface area (Å²) in [6, 6.07) is 7.24. The van der Waals surface area contributed by atoms with E-state index in [1.54, 1.807) is 6.92 Å². The number of carboxylic acids is 2. The first kappa shape index (κ1) is 27.6. The van der Waals surface area contributed by atoms with Crippen molar-refractivity contribution in [2.24, 2.45) is 0 Å². The van der Waals surface area contributed by atoms with Crippen LogP contribution in [-0.2, 0) is 21.0 Å². The molecule has 2 aromatic carbocycles. The lowest BCUT2D eigenvalue weighted by molar-refractivity contribution is 0.0277. The number of hydroxylamine groups is 1. The van der Waals surface area contributed by atoms with Gasteiger partial charge in [-0.1, -0.05) is 6.07 Å². The lowest BCUT2D eigenvalue weighted by atomic mass is 10.0. The number of ketones is 1. The van der Waals surface area contributed by atoms with Gasteiger partial charge in [0.05, 0.1) is 41.5 Å². The predicted octanol–water partition coefficient (Wildman–Crippen LogP) is 1.28. The number of hydrogen-bond donors (Lipinski definition) is 4. The lowest BCUT2D eigenvalue weighted by Gasteiger charge is -2.11. The summed E-state index contributed by atoms with van der Waals surface area (Å²) in [6.45, 7) is 1.59. The molecule has 0 aliphatic carbocycles. The number of carbonyl (C=O) groups is 5. The second-order valence-electron chi connectivity index (χ2n) is 7.03. The van der Waals surface area contributed by atoms with E-state index in [0.29, 0.717) is 6.08 Å². The summed E-state index contributed by atoms with van der Waals surface area (Å²) in [7, 11) is 0. The van der Waals surface area contributed by atoms with E-state index < -0.39 is 29.6 Å². The van der Waals surface area contributed by atoms with Crippen LogP contribution in [0.25, 0.3) is 0 Å². The van der Waals surface area contributed by atoms with Gasteiger partial charge in [0.25, 0.3) is 5.91 Å². The van der Waals surface area contributed by atoms with Crippen LogP contribution >= 0.6 is 0 Å². The van der Waals surface area contributed by atoms with Crippen molar-refractivity contribution in [2.75, 3.05) is 19.7 Å². The van der Waals surface area contributed by atoms with E-state index in [4.69, 9.17) is 9.57 Å². The Morgan fingerprint density at radius 3 is 2.22 bits per heavy atom. The highest BCUT2D eigenvalue weighted by Gasteiger charge is 2.19. The minimum atomic E-state index is -1.38. The largest absolute Gasteiger partial charge is 0.478 e. The molecule has 0 spiro atoms. The van der Waals surface area contributed by atoms with Crippen molar-refractivity contribution in [3.05, 3.63) is 75.9 Å². The average molecular weight is 498 g/mol. The fourth-order valence-electron chi connectivity index (χ4n) is 3.00. The maximum atomic E-state index is 12.5. The second kappa shape index (κ2) is 13.3. The highest BCUT2D eigenvalue weighted by Crippen LogP contribution is 2.15. The molecule has 0 fully saturated rings. The first-order valence-corrected chi connectivity index (χ1v) is 10.5. The van der Waals surface area contributed by atoms with Crippen LogP contribution in [-0.4, -0.2) is 65.4 Å². The zero-order valence-electron chi connectivity index (χ0n) is 19.0. The highest BCUT2D eigenvalue weighted by molar-refractivity contribution is 6.11. The molecule has 2 rings (SSSR count). The molecular formula is C24H22N2O10. The molecule has 0 aliphatic rings. The molecule has 2 aromatic rings. The maximum absolute atomic E-state index is 12.5. The number of hydrogen-bond acceptors (Lipinski definition) is 9. The quantitative estimate of drug-likeness (QED) is 0.0778. The molecular weight excluding hydrogens is 476 g/mol. The van der Waals surface area contributed by atoms with Gasteiger partial charge in [-0.05, 0) is 42.8 Å². The van der Waals surface area contributed by atoms with Crippen molar-refractivity contribution in [3.8, 4) is 0 Å². The first-order chi connectivity index (χ1) is 17.2. The third-order valence-electron chi connectivity index (χ3n) is 4.66. The summed E-state index contributed by atoms with van der Waals surface area (Å²) < 4.78 is 4.90.